The molecule has 2 rings (SSSR count). The molecule has 3 atom stereocenters. The van der Waals surface area contributed by atoms with Crippen molar-refractivity contribution >= 4 is 5.91 Å². The number of amides is 1. The maximum absolute atomic E-state index is 12.5. The van der Waals surface area contributed by atoms with Gasteiger partial charge in [0.25, 0.3) is 0 Å². The molecular weight excluding hydrogens is 341 g/mol. The molecule has 0 bridgehead atoms. The SMILES string of the molecule is CN(CC(O)COc1ccc(C(F)(F)F)cc1)C(=O)C1CC(O)CN1. The molecule has 0 radical (unpaired) electrons. The van der Waals surface area contributed by atoms with Gasteiger partial charge in [-0.1, -0.05) is 0 Å². The highest BCUT2D eigenvalue weighted by Crippen LogP contribution is 2.30. The van der Waals surface area contributed by atoms with Crippen LogP contribution in [0.15, 0.2) is 24.3 Å². The second-order valence-corrected chi connectivity index (χ2v) is 6.06. The van der Waals surface area contributed by atoms with E-state index in [1.165, 1.54) is 24.1 Å². The van der Waals surface area contributed by atoms with Crippen LogP contribution in [0.4, 0.5) is 13.2 Å². The molecule has 25 heavy (non-hydrogen) atoms. The van der Waals surface area contributed by atoms with Gasteiger partial charge in [0.1, 0.15) is 18.5 Å². The van der Waals surface area contributed by atoms with E-state index in [1.807, 2.05) is 0 Å². The first-order chi connectivity index (χ1) is 11.7. The number of carbonyl (C=O) groups is 1. The van der Waals surface area contributed by atoms with Gasteiger partial charge in [-0.15, -0.1) is 0 Å². The Bertz CT molecular complexity index is 580. The third kappa shape index (κ3) is 5.58. The highest BCUT2D eigenvalue weighted by atomic mass is 19.4. The second kappa shape index (κ2) is 8.03. The number of halogens is 3. The number of aliphatic hydroxyl groups excluding tert-OH is 2. The Morgan fingerprint density at radius 3 is 2.56 bits per heavy atom. The van der Waals surface area contributed by atoms with Gasteiger partial charge in [-0.3, -0.25) is 4.79 Å². The molecule has 0 aliphatic carbocycles. The smallest absolute Gasteiger partial charge is 0.416 e. The Labute approximate surface area is 143 Å². The molecule has 1 aromatic carbocycles. The summed E-state index contributed by atoms with van der Waals surface area (Å²) in [5.74, 6) is -0.0493. The lowest BCUT2D eigenvalue weighted by Crippen LogP contribution is -2.45. The average molecular weight is 362 g/mol. The molecule has 1 saturated heterocycles. The summed E-state index contributed by atoms with van der Waals surface area (Å²) in [7, 11) is 1.52. The molecule has 6 nitrogen and oxygen atoms in total. The summed E-state index contributed by atoms with van der Waals surface area (Å²) in [5.41, 5.74) is -0.781. The van der Waals surface area contributed by atoms with Gasteiger partial charge in [0.2, 0.25) is 5.91 Å². The molecule has 3 unspecified atom stereocenters. The molecule has 9 heteroatoms. The lowest BCUT2D eigenvalue weighted by molar-refractivity contribution is -0.137. The summed E-state index contributed by atoms with van der Waals surface area (Å²) in [6.07, 6.45) is -5.65. The molecule has 0 aromatic heterocycles. The predicted octanol–water partition coefficient (Wildman–Crippen LogP) is 0.626. The van der Waals surface area contributed by atoms with E-state index in [0.717, 1.165) is 12.1 Å². The number of hydrogen-bond donors (Lipinski definition) is 3. The van der Waals surface area contributed by atoms with E-state index < -0.39 is 30.0 Å². The standard InChI is InChI=1S/C16H21F3N2O4/c1-21(15(24)14-6-11(22)7-20-14)8-12(23)9-25-13-4-2-10(3-5-13)16(17,18)19/h2-5,11-12,14,20,22-23H,6-9H2,1H3. The van der Waals surface area contributed by atoms with Crippen LogP contribution in [0.3, 0.4) is 0 Å². The molecule has 1 heterocycles. The van der Waals surface area contributed by atoms with Crippen LogP contribution in [-0.4, -0.2) is 66.0 Å². The van der Waals surface area contributed by atoms with Gasteiger partial charge >= 0.3 is 6.18 Å². The maximum atomic E-state index is 12.5. The average Bonchev–Trinajstić information content (AvgIpc) is 2.98. The number of nitrogens with one attached hydrogen (secondary N) is 1. The fourth-order valence-corrected chi connectivity index (χ4v) is 2.56. The van der Waals surface area contributed by atoms with Gasteiger partial charge in [0, 0.05) is 20.1 Å². The van der Waals surface area contributed by atoms with Crippen LogP contribution in [0.1, 0.15) is 12.0 Å². The van der Waals surface area contributed by atoms with Crippen molar-refractivity contribution in [1.82, 2.24) is 10.2 Å². The van der Waals surface area contributed by atoms with E-state index in [1.54, 1.807) is 0 Å². The van der Waals surface area contributed by atoms with Crippen LogP contribution < -0.4 is 10.1 Å². The Balaban J connectivity index is 1.78. The monoisotopic (exact) mass is 362 g/mol. The first-order valence-electron chi connectivity index (χ1n) is 7.81. The van der Waals surface area contributed by atoms with Crippen molar-refractivity contribution in [2.75, 3.05) is 26.7 Å². The molecule has 0 spiro atoms. The zero-order valence-electron chi connectivity index (χ0n) is 13.7. The van der Waals surface area contributed by atoms with Crippen molar-refractivity contribution in [3.05, 3.63) is 29.8 Å². The van der Waals surface area contributed by atoms with Crippen molar-refractivity contribution in [3.8, 4) is 5.75 Å². The number of benzene rings is 1. The molecular formula is C16H21F3N2O4. The fourth-order valence-electron chi connectivity index (χ4n) is 2.56. The van der Waals surface area contributed by atoms with E-state index in [4.69, 9.17) is 4.74 Å². The Morgan fingerprint density at radius 2 is 2.04 bits per heavy atom. The molecule has 0 saturated carbocycles. The highest BCUT2D eigenvalue weighted by molar-refractivity contribution is 5.82. The van der Waals surface area contributed by atoms with Crippen molar-refractivity contribution < 1.29 is 32.9 Å². The normalized spacial score (nSPS) is 21.8. The summed E-state index contributed by atoms with van der Waals surface area (Å²) < 4.78 is 42.6. The Kier molecular flexibility index (Phi) is 6.26. The number of rotatable bonds is 6. The topological polar surface area (TPSA) is 82.0 Å². The van der Waals surface area contributed by atoms with Crippen molar-refractivity contribution in [2.45, 2.75) is 30.8 Å². The molecule has 1 aliphatic heterocycles. The molecule has 140 valence electrons. The first kappa shape index (κ1) is 19.5. The van der Waals surface area contributed by atoms with Gasteiger partial charge in [0.15, 0.2) is 0 Å². The minimum absolute atomic E-state index is 0.00768. The predicted molar refractivity (Wildman–Crippen MR) is 83.0 cm³/mol. The lowest BCUT2D eigenvalue weighted by Gasteiger charge is -2.24. The van der Waals surface area contributed by atoms with Gasteiger partial charge in [-0.05, 0) is 30.7 Å². The van der Waals surface area contributed by atoms with Crippen LogP contribution in [0.2, 0.25) is 0 Å². The molecule has 1 amide bonds. The zero-order chi connectivity index (χ0) is 18.6. The van der Waals surface area contributed by atoms with Crippen LogP contribution >= 0.6 is 0 Å². The Morgan fingerprint density at radius 1 is 1.40 bits per heavy atom. The number of ether oxygens (including phenoxy) is 1. The quantitative estimate of drug-likeness (QED) is 0.692. The van der Waals surface area contributed by atoms with Crippen molar-refractivity contribution in [1.29, 1.82) is 0 Å². The number of aliphatic hydroxyl groups is 2. The minimum Gasteiger partial charge on any atom is -0.491 e. The van der Waals surface area contributed by atoms with Crippen LogP contribution in [0.25, 0.3) is 0 Å². The van der Waals surface area contributed by atoms with Gasteiger partial charge in [0.05, 0.1) is 17.7 Å². The van der Waals surface area contributed by atoms with E-state index in [9.17, 15) is 28.2 Å². The number of nitrogens with zero attached hydrogens (tertiary/aromatic N) is 1. The van der Waals surface area contributed by atoms with Gasteiger partial charge < -0.3 is 25.2 Å². The number of likely N-dealkylation sites (N-methyl/N-ethyl adjacent to an activating group) is 1. The van der Waals surface area contributed by atoms with Crippen LogP contribution in [0.5, 0.6) is 5.75 Å². The third-order valence-electron chi connectivity index (χ3n) is 3.89. The lowest BCUT2D eigenvalue weighted by atomic mass is 10.2. The van der Waals surface area contributed by atoms with Gasteiger partial charge in [-0.2, -0.15) is 13.2 Å². The van der Waals surface area contributed by atoms with E-state index >= 15 is 0 Å². The van der Waals surface area contributed by atoms with Crippen LogP contribution in [-0.2, 0) is 11.0 Å². The number of hydrogen-bond acceptors (Lipinski definition) is 5. The summed E-state index contributed by atoms with van der Waals surface area (Å²) in [4.78, 5) is 13.5. The highest BCUT2D eigenvalue weighted by Gasteiger charge is 2.31. The number of carbonyl (C=O) groups excluding carboxylic acids is 1. The van der Waals surface area contributed by atoms with Crippen LogP contribution in [0, 0.1) is 0 Å². The summed E-state index contributed by atoms with van der Waals surface area (Å²) in [6.45, 7) is 0.196. The van der Waals surface area contributed by atoms with E-state index in [2.05, 4.69) is 5.32 Å². The summed E-state index contributed by atoms with van der Waals surface area (Å²) in [6, 6.07) is 3.66. The summed E-state index contributed by atoms with van der Waals surface area (Å²) >= 11 is 0. The fraction of sp³-hybridized carbons (Fsp3) is 0.562. The third-order valence-corrected chi connectivity index (χ3v) is 3.89. The number of alkyl halides is 3. The maximum Gasteiger partial charge on any atom is 0.416 e. The Hall–Kier alpha value is -1.84. The molecule has 1 aromatic rings. The van der Waals surface area contributed by atoms with E-state index in [0.29, 0.717) is 13.0 Å². The summed E-state index contributed by atoms with van der Waals surface area (Å²) in [5, 5.41) is 22.2. The molecule has 3 N–H and O–H groups in total. The zero-order valence-corrected chi connectivity index (χ0v) is 13.7. The number of β-amino-alcohol motifs (C(OH)–C–C–N with tert-alkyl or cyclic N) is 1. The molecule has 1 fully saturated rings. The van der Waals surface area contributed by atoms with Crippen molar-refractivity contribution in [2.24, 2.45) is 0 Å². The van der Waals surface area contributed by atoms with Gasteiger partial charge in [-0.25, -0.2) is 0 Å². The first-order valence-corrected chi connectivity index (χ1v) is 7.81. The minimum atomic E-state index is -4.41. The molecule has 1 aliphatic rings. The van der Waals surface area contributed by atoms with Crippen molar-refractivity contribution in [3.63, 3.8) is 0 Å². The van der Waals surface area contributed by atoms with E-state index in [-0.39, 0.29) is 24.8 Å². The second-order valence-electron chi connectivity index (χ2n) is 6.06. The largest absolute Gasteiger partial charge is 0.491 e.